The molecule has 2 amide bonds. The molecule has 3 aromatic rings. The van der Waals surface area contributed by atoms with Gasteiger partial charge in [0.2, 0.25) is 0 Å². The largest absolute Gasteiger partial charge is 0.336 e. The number of hydrogen-bond acceptors (Lipinski definition) is 3. The Kier molecular flexibility index (Phi) is 4.99. The quantitative estimate of drug-likeness (QED) is 0.743. The fraction of sp³-hybridized carbons (Fsp3) is 0.286. The van der Waals surface area contributed by atoms with Crippen LogP contribution in [0.2, 0.25) is 0 Å². The van der Waals surface area contributed by atoms with Gasteiger partial charge in [0, 0.05) is 41.6 Å². The molecule has 2 heterocycles. The number of aryl methyl sites for hydroxylation is 3. The molecule has 0 aliphatic heterocycles. The second kappa shape index (κ2) is 7.23. The fourth-order valence-corrected chi connectivity index (χ4v) is 3.08. The molecule has 0 aliphatic carbocycles. The van der Waals surface area contributed by atoms with Gasteiger partial charge in [0.05, 0.1) is 5.52 Å². The van der Waals surface area contributed by atoms with Crippen molar-refractivity contribution in [1.29, 1.82) is 0 Å². The van der Waals surface area contributed by atoms with Crippen LogP contribution in [0.5, 0.6) is 0 Å². The summed E-state index contributed by atoms with van der Waals surface area (Å²) < 4.78 is 1.64. The number of pyridine rings is 2. The van der Waals surface area contributed by atoms with Crippen molar-refractivity contribution < 1.29 is 4.79 Å². The predicted octanol–water partition coefficient (Wildman–Crippen LogP) is 3.75. The molecule has 140 valence electrons. The van der Waals surface area contributed by atoms with Crippen LogP contribution in [0.3, 0.4) is 0 Å². The van der Waals surface area contributed by atoms with E-state index in [1.807, 2.05) is 58.0 Å². The molecule has 0 bridgehead atoms. The number of benzene rings is 1. The minimum atomic E-state index is -0.272. The highest BCUT2D eigenvalue weighted by molar-refractivity contribution is 5.91. The molecule has 2 N–H and O–H groups in total. The van der Waals surface area contributed by atoms with E-state index in [1.165, 1.54) is 0 Å². The van der Waals surface area contributed by atoms with Crippen LogP contribution in [0.4, 0.5) is 10.5 Å². The van der Waals surface area contributed by atoms with Crippen LogP contribution in [0.25, 0.3) is 22.0 Å². The third-order valence-electron chi connectivity index (χ3n) is 4.45. The zero-order valence-electron chi connectivity index (χ0n) is 16.3. The summed E-state index contributed by atoms with van der Waals surface area (Å²) in [7, 11) is 1.77. The molecule has 6 heteroatoms. The minimum absolute atomic E-state index is 0.0404. The molecule has 2 aromatic heterocycles. The second-order valence-corrected chi connectivity index (χ2v) is 7.09. The highest BCUT2D eigenvalue weighted by atomic mass is 16.2. The SMILES string of the molecule is Cc1cc2c(cn1)cc(-c1cc(NC(=O)NC(C)C)ccc1C)c(=O)n2C. The van der Waals surface area contributed by atoms with Crippen LogP contribution in [-0.4, -0.2) is 21.6 Å². The number of aromatic nitrogens is 2. The maximum absolute atomic E-state index is 13.0. The molecule has 1 aromatic carbocycles. The summed E-state index contributed by atoms with van der Waals surface area (Å²) in [5.74, 6) is 0. The van der Waals surface area contributed by atoms with Gasteiger partial charge in [0.15, 0.2) is 0 Å². The highest BCUT2D eigenvalue weighted by Crippen LogP contribution is 2.26. The minimum Gasteiger partial charge on any atom is -0.336 e. The Morgan fingerprint density at radius 1 is 1.11 bits per heavy atom. The molecule has 0 saturated heterocycles. The van der Waals surface area contributed by atoms with E-state index in [-0.39, 0.29) is 17.6 Å². The number of fused-ring (bicyclic) bond motifs is 1. The van der Waals surface area contributed by atoms with Crippen LogP contribution < -0.4 is 16.2 Å². The maximum atomic E-state index is 13.0. The fourth-order valence-electron chi connectivity index (χ4n) is 3.08. The van der Waals surface area contributed by atoms with Crippen molar-refractivity contribution in [2.75, 3.05) is 5.32 Å². The van der Waals surface area contributed by atoms with Crippen molar-refractivity contribution in [3.63, 3.8) is 0 Å². The number of carbonyl (C=O) groups is 1. The Morgan fingerprint density at radius 2 is 1.85 bits per heavy atom. The van der Waals surface area contributed by atoms with E-state index in [1.54, 1.807) is 17.8 Å². The lowest BCUT2D eigenvalue weighted by Gasteiger charge is -2.14. The lowest BCUT2D eigenvalue weighted by molar-refractivity contribution is 0.250. The van der Waals surface area contributed by atoms with Gasteiger partial charge in [-0.2, -0.15) is 0 Å². The first-order chi connectivity index (χ1) is 12.8. The zero-order chi connectivity index (χ0) is 19.7. The summed E-state index contributed by atoms with van der Waals surface area (Å²) in [6.45, 7) is 7.65. The van der Waals surface area contributed by atoms with Gasteiger partial charge >= 0.3 is 6.03 Å². The van der Waals surface area contributed by atoms with Crippen LogP contribution >= 0.6 is 0 Å². The first kappa shape index (κ1) is 18.6. The molecule has 0 aliphatic rings. The Hall–Kier alpha value is -3.15. The molecule has 0 unspecified atom stereocenters. The lowest BCUT2D eigenvalue weighted by Crippen LogP contribution is -2.34. The normalized spacial score (nSPS) is 11.0. The summed E-state index contributed by atoms with van der Waals surface area (Å²) in [4.78, 5) is 29.3. The van der Waals surface area contributed by atoms with E-state index in [2.05, 4.69) is 15.6 Å². The van der Waals surface area contributed by atoms with E-state index in [4.69, 9.17) is 0 Å². The van der Waals surface area contributed by atoms with Gasteiger partial charge in [-0.15, -0.1) is 0 Å². The average Bonchev–Trinajstić information content (AvgIpc) is 2.60. The predicted molar refractivity (Wildman–Crippen MR) is 109 cm³/mol. The second-order valence-electron chi connectivity index (χ2n) is 7.09. The Morgan fingerprint density at radius 3 is 2.56 bits per heavy atom. The molecular formula is C21H24N4O2. The highest BCUT2D eigenvalue weighted by Gasteiger charge is 2.13. The first-order valence-electron chi connectivity index (χ1n) is 8.91. The van der Waals surface area contributed by atoms with Crippen LogP contribution in [0, 0.1) is 13.8 Å². The van der Waals surface area contributed by atoms with Crippen molar-refractivity contribution in [3.8, 4) is 11.1 Å². The van der Waals surface area contributed by atoms with Crippen LogP contribution in [0.1, 0.15) is 25.1 Å². The van der Waals surface area contributed by atoms with E-state index in [0.29, 0.717) is 11.3 Å². The van der Waals surface area contributed by atoms with E-state index < -0.39 is 0 Å². The molecule has 0 saturated carbocycles. The molecule has 0 atom stereocenters. The van der Waals surface area contributed by atoms with E-state index in [0.717, 1.165) is 27.7 Å². The summed E-state index contributed by atoms with van der Waals surface area (Å²) in [6, 6.07) is 9.10. The Bertz CT molecular complexity index is 1080. The van der Waals surface area contributed by atoms with Gasteiger partial charge < -0.3 is 15.2 Å². The smallest absolute Gasteiger partial charge is 0.319 e. The van der Waals surface area contributed by atoms with E-state index >= 15 is 0 Å². The van der Waals surface area contributed by atoms with E-state index in [9.17, 15) is 9.59 Å². The van der Waals surface area contributed by atoms with Crippen molar-refractivity contribution in [2.24, 2.45) is 7.05 Å². The number of anilines is 1. The zero-order valence-corrected chi connectivity index (χ0v) is 16.3. The van der Waals surface area contributed by atoms with Gasteiger partial charge in [-0.1, -0.05) is 6.07 Å². The lowest BCUT2D eigenvalue weighted by atomic mass is 9.99. The summed E-state index contributed by atoms with van der Waals surface area (Å²) in [5.41, 5.74) is 4.60. The summed E-state index contributed by atoms with van der Waals surface area (Å²) in [6.07, 6.45) is 1.78. The van der Waals surface area contributed by atoms with Gasteiger partial charge in [-0.3, -0.25) is 9.78 Å². The van der Waals surface area contributed by atoms with Crippen molar-refractivity contribution in [1.82, 2.24) is 14.9 Å². The number of urea groups is 1. The molecule has 27 heavy (non-hydrogen) atoms. The third-order valence-corrected chi connectivity index (χ3v) is 4.45. The Balaban J connectivity index is 2.09. The number of nitrogens with one attached hydrogen (secondary N) is 2. The third kappa shape index (κ3) is 3.84. The monoisotopic (exact) mass is 364 g/mol. The number of rotatable bonds is 3. The standard InChI is InChI=1S/C21H24N4O2/c1-12(2)23-21(27)24-16-7-6-13(3)17(10-16)18-9-15-11-22-14(4)8-19(15)25(5)20(18)26/h6-12H,1-5H3,(H2,23,24,27). The molecular weight excluding hydrogens is 340 g/mol. The topological polar surface area (TPSA) is 76.0 Å². The number of hydrogen-bond donors (Lipinski definition) is 2. The van der Waals surface area contributed by atoms with Crippen molar-refractivity contribution in [2.45, 2.75) is 33.7 Å². The molecule has 0 spiro atoms. The maximum Gasteiger partial charge on any atom is 0.319 e. The summed E-state index contributed by atoms with van der Waals surface area (Å²) >= 11 is 0. The molecule has 6 nitrogen and oxygen atoms in total. The van der Waals surface area contributed by atoms with Gasteiger partial charge in [-0.25, -0.2) is 4.79 Å². The summed E-state index contributed by atoms with van der Waals surface area (Å²) in [5, 5.41) is 6.51. The molecule has 0 fully saturated rings. The number of amides is 2. The van der Waals surface area contributed by atoms with Crippen LogP contribution in [-0.2, 0) is 7.05 Å². The van der Waals surface area contributed by atoms with Gasteiger partial charge in [0.25, 0.3) is 5.56 Å². The van der Waals surface area contributed by atoms with Crippen molar-refractivity contribution >= 4 is 22.6 Å². The van der Waals surface area contributed by atoms with Gasteiger partial charge in [0.1, 0.15) is 0 Å². The Labute approximate surface area is 158 Å². The number of carbonyl (C=O) groups excluding carboxylic acids is 1. The van der Waals surface area contributed by atoms with Gasteiger partial charge in [-0.05, 0) is 63.1 Å². The molecule has 0 radical (unpaired) electrons. The number of nitrogens with zero attached hydrogens (tertiary/aromatic N) is 2. The van der Waals surface area contributed by atoms with Crippen molar-refractivity contribution in [3.05, 3.63) is 58.1 Å². The average molecular weight is 364 g/mol. The first-order valence-corrected chi connectivity index (χ1v) is 8.91. The molecule has 3 rings (SSSR count). The van der Waals surface area contributed by atoms with Crippen LogP contribution in [0.15, 0.2) is 41.3 Å².